The van der Waals surface area contributed by atoms with E-state index < -0.39 is 24.9 Å². The monoisotopic (exact) mass is 461 g/mol. The lowest BCUT2D eigenvalue weighted by Gasteiger charge is -2.51. The smallest absolute Gasteiger partial charge is 0.186 e. The van der Waals surface area contributed by atoms with Crippen molar-refractivity contribution in [3.63, 3.8) is 0 Å². The molecule has 6 heteroatoms. The summed E-state index contributed by atoms with van der Waals surface area (Å²) in [5, 5.41) is 0. The molecule has 0 aromatic rings. The Hall–Kier alpha value is 0.531. The number of hydrogen-bond acceptors (Lipinski definition) is 3. The molecule has 0 heterocycles. The van der Waals surface area contributed by atoms with Crippen molar-refractivity contribution in [3.05, 3.63) is 0 Å². The molecular weight excluding hydrogens is 407 g/mol. The van der Waals surface area contributed by atoms with Crippen molar-refractivity contribution in [2.24, 2.45) is 0 Å². The van der Waals surface area contributed by atoms with Crippen molar-refractivity contribution in [1.29, 1.82) is 0 Å². The van der Waals surface area contributed by atoms with E-state index in [1.54, 1.807) is 0 Å². The Balaban J connectivity index is 5.45. The molecule has 0 bridgehead atoms. The van der Waals surface area contributed by atoms with Gasteiger partial charge in [0.15, 0.2) is 16.6 Å². The summed E-state index contributed by atoms with van der Waals surface area (Å²) in [4.78, 5) is 0. The fourth-order valence-corrected chi connectivity index (χ4v) is 17.1. The van der Waals surface area contributed by atoms with Gasteiger partial charge in [-0.15, -0.1) is 0 Å². The van der Waals surface area contributed by atoms with Crippen LogP contribution in [0.3, 0.4) is 0 Å². The second kappa shape index (κ2) is 13.2. The highest BCUT2D eigenvalue weighted by molar-refractivity contribution is 6.81. The molecular formula is C23H55NO2Si3. The van der Waals surface area contributed by atoms with Gasteiger partial charge in [-0.05, 0) is 94.7 Å². The van der Waals surface area contributed by atoms with Crippen LogP contribution in [0.4, 0.5) is 0 Å². The van der Waals surface area contributed by atoms with Crippen LogP contribution in [0.25, 0.3) is 0 Å². The van der Waals surface area contributed by atoms with Crippen LogP contribution in [0, 0.1) is 0 Å². The topological polar surface area (TPSA) is 21.7 Å². The molecule has 0 aliphatic heterocycles. The third-order valence-corrected chi connectivity index (χ3v) is 19.2. The Labute approximate surface area is 187 Å². The third-order valence-electron chi connectivity index (χ3n) is 6.81. The predicted molar refractivity (Wildman–Crippen MR) is 140 cm³/mol. The lowest BCUT2D eigenvalue weighted by molar-refractivity contribution is 0.319. The fraction of sp³-hybridized carbons (Fsp3) is 1.00. The van der Waals surface area contributed by atoms with Gasteiger partial charge in [0.25, 0.3) is 0 Å². The predicted octanol–water partition coefficient (Wildman–Crippen LogP) is 7.73. The average Bonchev–Trinajstić information content (AvgIpc) is 2.53. The van der Waals surface area contributed by atoms with Crippen molar-refractivity contribution in [1.82, 2.24) is 4.57 Å². The third kappa shape index (κ3) is 9.28. The molecule has 0 fully saturated rings. The van der Waals surface area contributed by atoms with E-state index in [-0.39, 0.29) is 0 Å². The Morgan fingerprint density at radius 2 is 0.931 bits per heavy atom. The Kier molecular flexibility index (Phi) is 13.4. The van der Waals surface area contributed by atoms with Gasteiger partial charge < -0.3 is 13.4 Å². The molecule has 0 aromatic heterocycles. The Morgan fingerprint density at radius 1 is 0.621 bits per heavy atom. The minimum absolute atomic E-state index is 0.775. The van der Waals surface area contributed by atoms with Crippen LogP contribution in [0.1, 0.15) is 68.2 Å². The number of nitrogens with zero attached hydrogens (tertiary/aromatic N) is 1. The van der Waals surface area contributed by atoms with E-state index >= 15 is 0 Å². The summed E-state index contributed by atoms with van der Waals surface area (Å²) in [6.07, 6.45) is 2.57. The van der Waals surface area contributed by atoms with Crippen LogP contribution >= 0.6 is 0 Å². The molecule has 0 saturated carbocycles. The molecule has 0 unspecified atom stereocenters. The van der Waals surface area contributed by atoms with E-state index in [1.165, 1.54) is 38.0 Å². The number of hydrogen-bond donors (Lipinski definition) is 0. The molecule has 0 atom stereocenters. The van der Waals surface area contributed by atoms with Crippen molar-refractivity contribution in [3.8, 4) is 0 Å². The van der Waals surface area contributed by atoms with Gasteiger partial charge in [0.1, 0.15) is 8.24 Å². The van der Waals surface area contributed by atoms with Gasteiger partial charge in [-0.25, -0.2) is 0 Å². The molecule has 0 aromatic carbocycles. The van der Waals surface area contributed by atoms with Crippen LogP contribution < -0.4 is 0 Å². The van der Waals surface area contributed by atoms with E-state index in [9.17, 15) is 0 Å². The van der Waals surface area contributed by atoms with E-state index in [2.05, 4.69) is 86.1 Å². The highest BCUT2D eigenvalue weighted by atomic mass is 28.4. The van der Waals surface area contributed by atoms with Crippen LogP contribution in [-0.2, 0) is 8.85 Å². The van der Waals surface area contributed by atoms with Crippen molar-refractivity contribution < 1.29 is 8.85 Å². The molecule has 3 nitrogen and oxygen atoms in total. The molecule has 0 spiro atoms. The van der Waals surface area contributed by atoms with Crippen LogP contribution in [0.2, 0.25) is 54.9 Å². The first kappa shape index (κ1) is 29.5. The van der Waals surface area contributed by atoms with E-state index in [0.717, 1.165) is 29.8 Å². The summed E-state index contributed by atoms with van der Waals surface area (Å²) in [5.74, 6) is 0. The summed E-state index contributed by atoms with van der Waals surface area (Å²) in [7, 11) is -4.62. The molecule has 0 amide bonds. The molecule has 0 aliphatic carbocycles. The normalized spacial score (nSPS) is 14.1. The maximum absolute atomic E-state index is 6.11. The van der Waals surface area contributed by atoms with Crippen LogP contribution in [0.15, 0.2) is 0 Å². The first-order chi connectivity index (χ1) is 13.3. The zero-order valence-electron chi connectivity index (χ0n) is 22.2. The molecule has 176 valence electrons. The zero-order valence-corrected chi connectivity index (χ0v) is 25.2. The van der Waals surface area contributed by atoms with Crippen molar-refractivity contribution in [2.45, 2.75) is 123 Å². The first-order valence-corrected chi connectivity index (χ1v) is 20.7. The maximum atomic E-state index is 6.11. The largest absolute Gasteiger partial charge is 0.418 e. The molecule has 0 rings (SSSR count). The highest BCUT2D eigenvalue weighted by Gasteiger charge is 2.47. The highest BCUT2D eigenvalue weighted by Crippen LogP contribution is 2.44. The SMILES string of the molecule is CCO[Si](C)(C)CCCN(CCC[Si](C)(C)OCC)[Si](C(C)C)(C(C)C)C(C)C. The van der Waals surface area contributed by atoms with E-state index in [1.807, 2.05) is 0 Å². The zero-order chi connectivity index (χ0) is 22.9. The second-order valence-electron chi connectivity index (χ2n) is 10.9. The number of rotatable bonds is 16. The summed E-state index contributed by atoms with van der Waals surface area (Å²) < 4.78 is 15.2. The quantitative estimate of drug-likeness (QED) is 0.219. The molecule has 0 radical (unpaired) electrons. The van der Waals surface area contributed by atoms with Gasteiger partial charge in [0, 0.05) is 13.2 Å². The van der Waals surface area contributed by atoms with Crippen molar-refractivity contribution in [2.75, 3.05) is 26.3 Å². The van der Waals surface area contributed by atoms with Gasteiger partial charge in [-0.3, -0.25) is 0 Å². The summed E-state index contributed by atoms with van der Waals surface area (Å²) in [5.41, 5.74) is 2.32. The molecule has 0 saturated heterocycles. The van der Waals surface area contributed by atoms with Crippen LogP contribution in [0.5, 0.6) is 0 Å². The fourth-order valence-electron chi connectivity index (χ4n) is 5.91. The Morgan fingerprint density at radius 3 is 1.17 bits per heavy atom. The molecule has 0 aliphatic rings. The summed E-state index contributed by atoms with van der Waals surface area (Å²) in [6.45, 7) is 33.0. The molecule has 29 heavy (non-hydrogen) atoms. The minimum Gasteiger partial charge on any atom is -0.418 e. The molecule has 0 N–H and O–H groups in total. The average molecular weight is 462 g/mol. The van der Waals surface area contributed by atoms with Gasteiger partial charge in [-0.1, -0.05) is 41.5 Å². The van der Waals surface area contributed by atoms with Gasteiger partial charge in [0.2, 0.25) is 0 Å². The minimum atomic E-state index is -1.60. The van der Waals surface area contributed by atoms with E-state index in [4.69, 9.17) is 8.85 Å². The summed E-state index contributed by atoms with van der Waals surface area (Å²) in [6, 6.07) is 2.55. The van der Waals surface area contributed by atoms with Crippen LogP contribution in [-0.4, -0.2) is 55.7 Å². The van der Waals surface area contributed by atoms with Crippen molar-refractivity contribution >= 4 is 24.9 Å². The lowest BCUT2D eigenvalue weighted by Crippen LogP contribution is -2.60. The summed E-state index contributed by atoms with van der Waals surface area (Å²) >= 11 is 0. The second-order valence-corrected chi connectivity index (χ2v) is 25.4. The van der Waals surface area contributed by atoms with Gasteiger partial charge >= 0.3 is 0 Å². The standard InChI is InChI=1S/C23H55NO2Si3/c1-13-25-27(9,10)19-15-17-24(18-16-20-28(11,12)26-14-2)29(21(3)4,22(5)6)23(7)8/h21-23H,13-20H2,1-12H3. The van der Waals surface area contributed by atoms with Gasteiger partial charge in [0.05, 0.1) is 0 Å². The Bertz CT molecular complexity index is 394. The maximum Gasteiger partial charge on any atom is 0.186 e. The van der Waals surface area contributed by atoms with E-state index in [0.29, 0.717) is 0 Å². The lowest BCUT2D eigenvalue weighted by atomic mass is 10.4. The first-order valence-electron chi connectivity index (χ1n) is 12.3. The van der Waals surface area contributed by atoms with Gasteiger partial charge in [-0.2, -0.15) is 0 Å².